The second-order valence-electron chi connectivity index (χ2n) is 6.73. The number of hydrogen-bond acceptors (Lipinski definition) is 4. The number of amides is 1. The lowest BCUT2D eigenvalue weighted by Gasteiger charge is -2.21. The van der Waals surface area contributed by atoms with Crippen molar-refractivity contribution in [3.05, 3.63) is 39.4 Å². The van der Waals surface area contributed by atoms with Gasteiger partial charge in [-0.1, -0.05) is 6.42 Å². The van der Waals surface area contributed by atoms with Gasteiger partial charge in [0.2, 0.25) is 0 Å². The Labute approximate surface area is 135 Å². The Kier molecular flexibility index (Phi) is 4.15. The van der Waals surface area contributed by atoms with E-state index in [0.717, 1.165) is 17.5 Å². The molecule has 2 aliphatic carbocycles. The summed E-state index contributed by atoms with van der Waals surface area (Å²) in [6.45, 7) is 3.60. The van der Waals surface area contributed by atoms with E-state index in [2.05, 4.69) is 10.5 Å². The molecule has 1 aromatic rings. The second-order valence-corrected chi connectivity index (χ2v) is 6.73. The van der Waals surface area contributed by atoms with Gasteiger partial charge in [-0.25, -0.2) is 5.43 Å². The third-order valence-corrected chi connectivity index (χ3v) is 5.26. The van der Waals surface area contributed by atoms with Crippen molar-refractivity contribution in [1.29, 1.82) is 0 Å². The topological polar surface area (TPSA) is 84.6 Å². The largest absolute Gasteiger partial charge is 0.272 e. The van der Waals surface area contributed by atoms with Crippen LogP contribution < -0.4 is 5.43 Å². The third kappa shape index (κ3) is 3.11. The van der Waals surface area contributed by atoms with E-state index in [9.17, 15) is 14.9 Å². The maximum atomic E-state index is 12.2. The van der Waals surface area contributed by atoms with Crippen molar-refractivity contribution in [2.24, 2.45) is 22.9 Å². The molecule has 3 atom stereocenters. The Bertz CT molecular complexity index is 684. The molecule has 0 aromatic heterocycles. The van der Waals surface area contributed by atoms with E-state index in [-0.39, 0.29) is 11.6 Å². The zero-order valence-corrected chi connectivity index (χ0v) is 13.4. The van der Waals surface area contributed by atoms with Crippen molar-refractivity contribution in [2.45, 2.75) is 39.5 Å². The highest BCUT2D eigenvalue weighted by molar-refractivity contribution is 5.96. The smallest absolute Gasteiger partial charge is 0.267 e. The van der Waals surface area contributed by atoms with E-state index >= 15 is 0 Å². The molecule has 0 heterocycles. The molecule has 2 fully saturated rings. The number of nitro groups is 1. The van der Waals surface area contributed by atoms with E-state index < -0.39 is 4.92 Å². The van der Waals surface area contributed by atoms with Gasteiger partial charge in [0, 0.05) is 28.8 Å². The van der Waals surface area contributed by atoms with E-state index in [1.807, 2.05) is 6.92 Å². The molecule has 6 heteroatoms. The number of hydrazone groups is 1. The van der Waals surface area contributed by atoms with Gasteiger partial charge in [-0.15, -0.1) is 0 Å². The maximum Gasteiger partial charge on any atom is 0.272 e. The van der Waals surface area contributed by atoms with Crippen LogP contribution >= 0.6 is 0 Å². The van der Waals surface area contributed by atoms with Crippen LogP contribution in [0.2, 0.25) is 0 Å². The first-order valence-electron chi connectivity index (χ1n) is 8.05. The molecule has 3 rings (SSSR count). The molecule has 0 spiro atoms. The highest BCUT2D eigenvalue weighted by Crippen LogP contribution is 2.48. The summed E-state index contributed by atoms with van der Waals surface area (Å²) in [4.78, 5) is 22.5. The summed E-state index contributed by atoms with van der Waals surface area (Å²) in [5.74, 6) is 1.73. The second kappa shape index (κ2) is 6.10. The van der Waals surface area contributed by atoms with Gasteiger partial charge in [0.15, 0.2) is 0 Å². The molecule has 0 radical (unpaired) electrons. The molecule has 1 amide bonds. The monoisotopic (exact) mass is 315 g/mol. The third-order valence-electron chi connectivity index (χ3n) is 5.26. The number of nitro benzene ring substituents is 1. The van der Waals surface area contributed by atoms with Crippen molar-refractivity contribution >= 4 is 17.3 Å². The number of hydrogen-bond donors (Lipinski definition) is 1. The van der Waals surface area contributed by atoms with Crippen LogP contribution in [0.25, 0.3) is 0 Å². The van der Waals surface area contributed by atoms with Crippen LogP contribution in [0.3, 0.4) is 0 Å². The number of fused-ring (bicyclic) bond motifs is 2. The first-order chi connectivity index (χ1) is 11.0. The zero-order chi connectivity index (χ0) is 16.6. The molecule has 1 N–H and O–H groups in total. The minimum atomic E-state index is -0.450. The highest BCUT2D eigenvalue weighted by Gasteiger charge is 2.40. The molecular formula is C17H21N3O3. The van der Waals surface area contributed by atoms with Gasteiger partial charge in [-0.05, 0) is 57.1 Å². The molecule has 6 nitrogen and oxygen atoms in total. The van der Waals surface area contributed by atoms with Crippen LogP contribution in [-0.4, -0.2) is 16.5 Å². The fourth-order valence-corrected chi connectivity index (χ4v) is 4.04. The van der Waals surface area contributed by atoms with Crippen LogP contribution in [0, 0.1) is 34.8 Å². The van der Waals surface area contributed by atoms with Crippen molar-refractivity contribution in [3.63, 3.8) is 0 Å². The minimum absolute atomic E-state index is 0.0169. The molecule has 0 saturated heterocycles. The van der Waals surface area contributed by atoms with E-state index in [1.54, 1.807) is 6.92 Å². The Morgan fingerprint density at radius 1 is 1.35 bits per heavy atom. The molecule has 2 aliphatic rings. The summed E-state index contributed by atoms with van der Waals surface area (Å²) >= 11 is 0. The number of rotatable bonds is 4. The molecule has 3 unspecified atom stereocenters. The predicted octanol–water partition coefficient (Wildman–Crippen LogP) is 3.45. The number of benzene rings is 1. The van der Waals surface area contributed by atoms with Gasteiger partial charge in [0.05, 0.1) is 4.92 Å². The summed E-state index contributed by atoms with van der Waals surface area (Å²) in [6, 6.07) is 4.34. The average Bonchev–Trinajstić information content (AvgIpc) is 3.14. The normalized spacial score (nSPS) is 26.3. The summed E-state index contributed by atoms with van der Waals surface area (Å²) in [5.41, 5.74) is 4.45. The lowest BCUT2D eigenvalue weighted by Crippen LogP contribution is -2.24. The van der Waals surface area contributed by atoms with Crippen LogP contribution in [0.15, 0.2) is 23.3 Å². The average molecular weight is 315 g/mol. The summed E-state index contributed by atoms with van der Waals surface area (Å²) in [5, 5.41) is 15.1. The summed E-state index contributed by atoms with van der Waals surface area (Å²) in [6.07, 6.45) is 5.10. The Morgan fingerprint density at radius 3 is 2.70 bits per heavy atom. The van der Waals surface area contributed by atoms with Crippen LogP contribution in [0.1, 0.15) is 48.5 Å². The first kappa shape index (κ1) is 15.6. The highest BCUT2D eigenvalue weighted by atomic mass is 16.6. The molecule has 1 aromatic carbocycles. The fourth-order valence-electron chi connectivity index (χ4n) is 4.04. The number of nitrogens with zero attached hydrogens (tertiary/aromatic N) is 2. The number of carbonyl (C=O) groups is 1. The molecule has 2 bridgehead atoms. The van der Waals surface area contributed by atoms with Crippen LogP contribution in [-0.2, 0) is 0 Å². The van der Waals surface area contributed by atoms with Crippen molar-refractivity contribution in [2.75, 3.05) is 0 Å². The molecular weight excluding hydrogens is 294 g/mol. The van der Waals surface area contributed by atoms with E-state index in [1.165, 1.54) is 43.9 Å². The van der Waals surface area contributed by atoms with Gasteiger partial charge < -0.3 is 0 Å². The van der Waals surface area contributed by atoms with Gasteiger partial charge in [-0.2, -0.15) is 5.10 Å². The SMILES string of the molecule is CC(=NNC(=O)c1ccc([N+](=O)[O-])c(C)c1)C1CC2CCC1C2. The van der Waals surface area contributed by atoms with Gasteiger partial charge in [0.25, 0.3) is 11.6 Å². The number of aryl methyl sites for hydroxylation is 1. The van der Waals surface area contributed by atoms with Gasteiger partial charge >= 0.3 is 0 Å². The Hall–Kier alpha value is -2.24. The summed E-state index contributed by atoms with van der Waals surface area (Å²) in [7, 11) is 0. The van der Waals surface area contributed by atoms with Crippen molar-refractivity contribution in [3.8, 4) is 0 Å². The van der Waals surface area contributed by atoms with Crippen molar-refractivity contribution < 1.29 is 9.72 Å². The van der Waals surface area contributed by atoms with Gasteiger partial charge in [-0.3, -0.25) is 14.9 Å². The maximum absolute atomic E-state index is 12.2. The molecule has 23 heavy (non-hydrogen) atoms. The lowest BCUT2D eigenvalue weighted by atomic mass is 9.86. The Morgan fingerprint density at radius 2 is 2.13 bits per heavy atom. The van der Waals surface area contributed by atoms with Crippen molar-refractivity contribution in [1.82, 2.24) is 5.43 Å². The van der Waals surface area contributed by atoms with E-state index in [4.69, 9.17) is 0 Å². The molecule has 0 aliphatic heterocycles. The molecule has 122 valence electrons. The lowest BCUT2D eigenvalue weighted by molar-refractivity contribution is -0.385. The number of carbonyl (C=O) groups excluding carboxylic acids is 1. The predicted molar refractivity (Wildman–Crippen MR) is 87.3 cm³/mol. The quantitative estimate of drug-likeness (QED) is 0.524. The summed E-state index contributed by atoms with van der Waals surface area (Å²) < 4.78 is 0. The van der Waals surface area contributed by atoms with Gasteiger partial charge in [0.1, 0.15) is 0 Å². The fraction of sp³-hybridized carbons (Fsp3) is 0.529. The Balaban J connectivity index is 1.66. The van der Waals surface area contributed by atoms with Crippen LogP contribution in [0.5, 0.6) is 0 Å². The first-order valence-corrected chi connectivity index (χ1v) is 8.05. The zero-order valence-electron chi connectivity index (χ0n) is 13.4. The molecule has 2 saturated carbocycles. The number of nitrogens with one attached hydrogen (secondary N) is 1. The van der Waals surface area contributed by atoms with E-state index in [0.29, 0.717) is 17.0 Å². The van der Waals surface area contributed by atoms with Crippen LogP contribution in [0.4, 0.5) is 5.69 Å². The minimum Gasteiger partial charge on any atom is -0.267 e. The standard InChI is InChI=1S/C17H21N3O3/c1-10-7-14(5-6-16(10)20(22)23)17(21)19-18-11(2)15-9-12-3-4-13(15)8-12/h5-7,12-13,15H,3-4,8-9H2,1-2H3,(H,19,21).